The molecule has 24 heavy (non-hydrogen) atoms. The van der Waals surface area contributed by atoms with Crippen LogP contribution in [0.15, 0.2) is 48.5 Å². The molecule has 1 amide bonds. The summed E-state index contributed by atoms with van der Waals surface area (Å²) in [6.07, 6.45) is 3.06. The van der Waals surface area contributed by atoms with Crippen LogP contribution in [0.3, 0.4) is 0 Å². The Kier molecular flexibility index (Phi) is 5.73. The monoisotopic (exact) mass is 325 g/mol. The molecule has 0 aliphatic heterocycles. The number of benzene rings is 2. The highest BCUT2D eigenvalue weighted by atomic mass is 16.5. The molecule has 0 spiro atoms. The summed E-state index contributed by atoms with van der Waals surface area (Å²) in [4.78, 5) is 23.4. The molecule has 0 aliphatic carbocycles. The molecule has 0 fully saturated rings. The van der Waals surface area contributed by atoms with E-state index in [4.69, 9.17) is 9.47 Å². The smallest absolute Gasteiger partial charge is 0.248 e. The van der Waals surface area contributed by atoms with Gasteiger partial charge in [-0.3, -0.25) is 9.59 Å². The molecule has 0 atom stereocenters. The Morgan fingerprint density at radius 3 is 2.50 bits per heavy atom. The molecule has 5 heteroatoms. The number of anilines is 1. The molecule has 0 saturated carbocycles. The van der Waals surface area contributed by atoms with Gasteiger partial charge in [0.15, 0.2) is 5.78 Å². The van der Waals surface area contributed by atoms with Gasteiger partial charge in [-0.15, -0.1) is 0 Å². The van der Waals surface area contributed by atoms with E-state index in [1.165, 1.54) is 13.0 Å². The van der Waals surface area contributed by atoms with E-state index in [0.29, 0.717) is 22.7 Å². The maximum atomic E-state index is 12.0. The number of nitrogens with one attached hydrogen (secondary N) is 1. The Morgan fingerprint density at radius 1 is 1.04 bits per heavy atom. The lowest BCUT2D eigenvalue weighted by Gasteiger charge is -2.07. The molecule has 0 saturated heterocycles. The fraction of sp³-hybridized carbons (Fsp3) is 0.158. The maximum absolute atomic E-state index is 12.0. The van der Waals surface area contributed by atoms with Crippen LogP contribution >= 0.6 is 0 Å². The van der Waals surface area contributed by atoms with E-state index >= 15 is 0 Å². The van der Waals surface area contributed by atoms with Crippen molar-refractivity contribution in [2.45, 2.75) is 6.92 Å². The first-order valence-corrected chi connectivity index (χ1v) is 7.35. The minimum absolute atomic E-state index is 0.0513. The highest BCUT2D eigenvalue weighted by Gasteiger charge is 2.05. The first kappa shape index (κ1) is 17.3. The van der Waals surface area contributed by atoms with Crippen LogP contribution in [-0.4, -0.2) is 25.9 Å². The summed E-state index contributed by atoms with van der Waals surface area (Å²) in [6, 6.07) is 12.1. The van der Waals surface area contributed by atoms with Gasteiger partial charge in [0, 0.05) is 29.0 Å². The topological polar surface area (TPSA) is 64.6 Å². The van der Waals surface area contributed by atoms with Crippen molar-refractivity contribution < 1.29 is 19.1 Å². The number of Topliss-reactive ketones (excluding diaryl/α,β-unsaturated/α-hetero) is 1. The average molecular weight is 325 g/mol. The zero-order valence-corrected chi connectivity index (χ0v) is 13.8. The van der Waals surface area contributed by atoms with Gasteiger partial charge in [-0.25, -0.2) is 0 Å². The molecule has 2 aromatic carbocycles. The molecule has 0 heterocycles. The lowest BCUT2D eigenvalue weighted by atomic mass is 10.1. The molecular weight excluding hydrogens is 306 g/mol. The van der Waals surface area contributed by atoms with Crippen molar-refractivity contribution in [1.82, 2.24) is 0 Å². The van der Waals surface area contributed by atoms with E-state index in [-0.39, 0.29) is 11.7 Å². The van der Waals surface area contributed by atoms with Gasteiger partial charge in [0.25, 0.3) is 0 Å². The average Bonchev–Trinajstić information content (AvgIpc) is 2.60. The molecule has 0 unspecified atom stereocenters. The van der Waals surface area contributed by atoms with Gasteiger partial charge in [-0.2, -0.15) is 0 Å². The normalized spacial score (nSPS) is 10.5. The van der Waals surface area contributed by atoms with E-state index in [2.05, 4.69) is 5.32 Å². The molecule has 2 rings (SSSR count). The molecule has 0 aromatic heterocycles. The summed E-state index contributed by atoms with van der Waals surface area (Å²) < 4.78 is 10.4. The quantitative estimate of drug-likeness (QED) is 0.651. The minimum atomic E-state index is -0.298. The fourth-order valence-corrected chi connectivity index (χ4v) is 2.12. The SMILES string of the molecule is COc1ccc(C=CC(=O)Nc2cccc(C(C)=O)c2)c(OC)c1. The molecule has 0 bridgehead atoms. The molecule has 0 aliphatic rings. The number of amides is 1. The minimum Gasteiger partial charge on any atom is -0.497 e. The molecule has 0 radical (unpaired) electrons. The predicted molar refractivity (Wildman–Crippen MR) is 93.7 cm³/mol. The lowest BCUT2D eigenvalue weighted by molar-refractivity contribution is -0.111. The third-order valence-electron chi connectivity index (χ3n) is 3.39. The zero-order chi connectivity index (χ0) is 17.5. The summed E-state index contributed by atoms with van der Waals surface area (Å²) in [7, 11) is 3.13. The Morgan fingerprint density at radius 2 is 1.83 bits per heavy atom. The Bertz CT molecular complexity index is 781. The Hall–Kier alpha value is -3.08. The number of ether oxygens (including phenoxy) is 2. The number of hydrogen-bond donors (Lipinski definition) is 1. The fourth-order valence-electron chi connectivity index (χ4n) is 2.12. The second-order valence-corrected chi connectivity index (χ2v) is 5.07. The van der Waals surface area contributed by atoms with Gasteiger partial charge in [-0.05, 0) is 37.3 Å². The van der Waals surface area contributed by atoms with Gasteiger partial charge >= 0.3 is 0 Å². The van der Waals surface area contributed by atoms with Crippen LogP contribution in [-0.2, 0) is 4.79 Å². The van der Waals surface area contributed by atoms with Crippen LogP contribution in [0.2, 0.25) is 0 Å². The number of ketones is 1. The largest absolute Gasteiger partial charge is 0.497 e. The van der Waals surface area contributed by atoms with E-state index in [9.17, 15) is 9.59 Å². The summed E-state index contributed by atoms with van der Waals surface area (Å²) in [5, 5.41) is 2.72. The van der Waals surface area contributed by atoms with Crippen LogP contribution in [0.5, 0.6) is 11.5 Å². The lowest BCUT2D eigenvalue weighted by Crippen LogP contribution is -2.08. The maximum Gasteiger partial charge on any atom is 0.248 e. The first-order chi connectivity index (χ1) is 11.5. The van der Waals surface area contributed by atoms with E-state index in [1.54, 1.807) is 62.8 Å². The number of rotatable bonds is 6. The summed E-state index contributed by atoms with van der Waals surface area (Å²) in [6.45, 7) is 1.48. The highest BCUT2D eigenvalue weighted by Crippen LogP contribution is 2.25. The van der Waals surface area contributed by atoms with Crippen molar-refractivity contribution >= 4 is 23.5 Å². The predicted octanol–water partition coefficient (Wildman–Crippen LogP) is 3.56. The number of carbonyl (C=O) groups excluding carboxylic acids is 2. The summed E-state index contributed by atoms with van der Waals surface area (Å²) in [5.41, 5.74) is 1.87. The van der Waals surface area contributed by atoms with Crippen molar-refractivity contribution in [2.75, 3.05) is 19.5 Å². The third-order valence-corrected chi connectivity index (χ3v) is 3.39. The third kappa shape index (κ3) is 4.46. The van der Waals surface area contributed by atoms with Crippen LogP contribution in [0.25, 0.3) is 6.08 Å². The van der Waals surface area contributed by atoms with Gasteiger partial charge < -0.3 is 14.8 Å². The van der Waals surface area contributed by atoms with Crippen LogP contribution in [0.4, 0.5) is 5.69 Å². The van der Waals surface area contributed by atoms with Crippen LogP contribution in [0.1, 0.15) is 22.8 Å². The van der Waals surface area contributed by atoms with Crippen LogP contribution < -0.4 is 14.8 Å². The van der Waals surface area contributed by atoms with Crippen molar-refractivity contribution in [1.29, 1.82) is 0 Å². The Labute approximate surface area is 140 Å². The Balaban J connectivity index is 2.11. The first-order valence-electron chi connectivity index (χ1n) is 7.35. The second-order valence-electron chi connectivity index (χ2n) is 5.07. The van der Waals surface area contributed by atoms with Crippen molar-refractivity contribution in [3.8, 4) is 11.5 Å². The molecule has 124 valence electrons. The summed E-state index contributed by atoms with van der Waals surface area (Å²) >= 11 is 0. The van der Waals surface area contributed by atoms with Crippen LogP contribution in [0, 0.1) is 0 Å². The standard InChI is InChI=1S/C19H19NO4/c1-13(21)15-5-4-6-16(11-15)20-19(22)10-8-14-7-9-17(23-2)12-18(14)24-3/h4-12H,1-3H3,(H,20,22). The van der Waals surface area contributed by atoms with Gasteiger partial charge in [0.2, 0.25) is 5.91 Å². The van der Waals surface area contributed by atoms with Crippen molar-refractivity contribution in [3.63, 3.8) is 0 Å². The molecule has 2 aromatic rings. The van der Waals surface area contributed by atoms with E-state index < -0.39 is 0 Å². The molecule has 5 nitrogen and oxygen atoms in total. The highest BCUT2D eigenvalue weighted by molar-refractivity contribution is 6.03. The number of carbonyl (C=O) groups is 2. The van der Waals surface area contributed by atoms with E-state index in [1.807, 2.05) is 0 Å². The molecular formula is C19H19NO4. The summed E-state index contributed by atoms with van der Waals surface area (Å²) in [5.74, 6) is 0.935. The zero-order valence-electron chi connectivity index (χ0n) is 13.8. The van der Waals surface area contributed by atoms with Crippen molar-refractivity contribution in [3.05, 3.63) is 59.7 Å². The molecule has 1 N–H and O–H groups in total. The van der Waals surface area contributed by atoms with Gasteiger partial charge in [-0.1, -0.05) is 12.1 Å². The van der Waals surface area contributed by atoms with Gasteiger partial charge in [0.05, 0.1) is 14.2 Å². The number of methoxy groups -OCH3 is 2. The number of hydrogen-bond acceptors (Lipinski definition) is 4. The van der Waals surface area contributed by atoms with Gasteiger partial charge in [0.1, 0.15) is 11.5 Å². The second kappa shape index (κ2) is 7.97. The van der Waals surface area contributed by atoms with E-state index in [0.717, 1.165) is 5.56 Å². The van der Waals surface area contributed by atoms with Crippen molar-refractivity contribution in [2.24, 2.45) is 0 Å².